The van der Waals surface area contributed by atoms with E-state index in [4.69, 9.17) is 13.9 Å². The number of benzene rings is 3. The summed E-state index contributed by atoms with van der Waals surface area (Å²) < 4.78 is 16.5. The summed E-state index contributed by atoms with van der Waals surface area (Å²) in [5.74, 6) is -0.411. The van der Waals surface area contributed by atoms with E-state index in [1.165, 1.54) is 6.92 Å². The standard InChI is InChI=1S/C29H27NO6/c1-18-14-24(35-27(31)20(3)30-29(33)34-17-22-12-8-5-9-13-22)26-19(2)23(28(32)36-25(26)15-18)16-21-10-6-4-7-11-21/h4-15,20H,16-17H2,1-3H3,(H,30,33)/t20-/m1/s1. The molecule has 0 bridgehead atoms. The van der Waals surface area contributed by atoms with Crippen LogP contribution in [0.5, 0.6) is 5.75 Å². The summed E-state index contributed by atoms with van der Waals surface area (Å²) in [5, 5.41) is 3.03. The summed E-state index contributed by atoms with van der Waals surface area (Å²) >= 11 is 0. The number of rotatable bonds is 7. The van der Waals surface area contributed by atoms with Crippen molar-refractivity contribution in [2.24, 2.45) is 0 Å². The van der Waals surface area contributed by atoms with E-state index in [1.807, 2.05) is 74.5 Å². The lowest BCUT2D eigenvalue weighted by Gasteiger charge is -2.16. The summed E-state index contributed by atoms with van der Waals surface area (Å²) in [5.41, 5.74) is 3.62. The maximum Gasteiger partial charge on any atom is 0.408 e. The first-order valence-corrected chi connectivity index (χ1v) is 11.6. The quantitative estimate of drug-likeness (QED) is 0.219. The van der Waals surface area contributed by atoms with Crippen LogP contribution in [0.3, 0.4) is 0 Å². The van der Waals surface area contributed by atoms with Crippen LogP contribution in [0.4, 0.5) is 4.79 Å². The molecule has 0 fully saturated rings. The normalized spacial score (nSPS) is 11.6. The molecule has 1 heterocycles. The number of nitrogens with one attached hydrogen (secondary N) is 1. The van der Waals surface area contributed by atoms with E-state index in [2.05, 4.69) is 5.32 Å². The minimum Gasteiger partial charge on any atom is -0.445 e. The number of ether oxygens (including phenoxy) is 2. The highest BCUT2D eigenvalue weighted by molar-refractivity contribution is 5.92. The Morgan fingerprint density at radius 3 is 2.25 bits per heavy atom. The number of hydrogen-bond donors (Lipinski definition) is 1. The Bertz CT molecular complexity index is 1440. The van der Waals surface area contributed by atoms with Crippen molar-refractivity contribution in [3.8, 4) is 5.75 Å². The number of fused-ring (bicyclic) bond motifs is 1. The average molecular weight is 486 g/mol. The smallest absolute Gasteiger partial charge is 0.408 e. The van der Waals surface area contributed by atoms with Gasteiger partial charge in [0.15, 0.2) is 0 Å². The van der Waals surface area contributed by atoms with Crippen molar-refractivity contribution in [2.75, 3.05) is 0 Å². The molecule has 0 spiro atoms. The average Bonchev–Trinajstić information content (AvgIpc) is 2.86. The lowest BCUT2D eigenvalue weighted by Crippen LogP contribution is -2.41. The van der Waals surface area contributed by atoms with Crippen LogP contribution in [0.2, 0.25) is 0 Å². The number of aryl methyl sites for hydroxylation is 2. The molecule has 4 aromatic rings. The predicted octanol–water partition coefficient (Wildman–Crippen LogP) is 5.22. The third-order valence-corrected chi connectivity index (χ3v) is 5.82. The van der Waals surface area contributed by atoms with Gasteiger partial charge in [-0.05, 0) is 55.2 Å². The van der Waals surface area contributed by atoms with Gasteiger partial charge in [-0.3, -0.25) is 0 Å². The van der Waals surface area contributed by atoms with E-state index in [0.29, 0.717) is 28.5 Å². The molecule has 1 aromatic heterocycles. The molecule has 36 heavy (non-hydrogen) atoms. The van der Waals surface area contributed by atoms with E-state index >= 15 is 0 Å². The summed E-state index contributed by atoms with van der Waals surface area (Å²) in [7, 11) is 0. The molecule has 1 atom stereocenters. The Kier molecular flexibility index (Phi) is 7.49. The molecule has 1 N–H and O–H groups in total. The third-order valence-electron chi connectivity index (χ3n) is 5.82. The number of amides is 1. The van der Waals surface area contributed by atoms with Crippen LogP contribution in [0, 0.1) is 13.8 Å². The molecule has 0 saturated heterocycles. The van der Waals surface area contributed by atoms with Crippen LogP contribution < -0.4 is 15.7 Å². The summed E-state index contributed by atoms with van der Waals surface area (Å²) in [4.78, 5) is 37.8. The molecule has 0 radical (unpaired) electrons. The second-order valence-corrected chi connectivity index (χ2v) is 8.64. The topological polar surface area (TPSA) is 94.8 Å². The first kappa shape index (κ1) is 24.7. The van der Waals surface area contributed by atoms with Crippen molar-refractivity contribution >= 4 is 23.0 Å². The molecule has 0 saturated carbocycles. The fourth-order valence-electron chi connectivity index (χ4n) is 3.92. The molecule has 7 nitrogen and oxygen atoms in total. The van der Waals surface area contributed by atoms with Gasteiger partial charge in [-0.1, -0.05) is 60.7 Å². The Morgan fingerprint density at radius 2 is 1.58 bits per heavy atom. The minimum absolute atomic E-state index is 0.0827. The zero-order valence-electron chi connectivity index (χ0n) is 20.4. The van der Waals surface area contributed by atoms with Crippen LogP contribution in [-0.4, -0.2) is 18.1 Å². The maximum atomic E-state index is 12.8. The molecule has 7 heteroatoms. The van der Waals surface area contributed by atoms with Crippen molar-refractivity contribution in [1.29, 1.82) is 0 Å². The summed E-state index contributed by atoms with van der Waals surface area (Å²) in [6, 6.07) is 21.3. The zero-order chi connectivity index (χ0) is 25.7. The van der Waals surface area contributed by atoms with Crippen molar-refractivity contribution in [2.45, 2.75) is 39.8 Å². The molecule has 4 rings (SSSR count). The Morgan fingerprint density at radius 1 is 0.944 bits per heavy atom. The van der Waals surface area contributed by atoms with Crippen molar-refractivity contribution in [3.63, 3.8) is 0 Å². The maximum absolute atomic E-state index is 12.8. The Labute approximate surface area is 208 Å². The molecular weight excluding hydrogens is 458 g/mol. The lowest BCUT2D eigenvalue weighted by atomic mass is 9.98. The van der Waals surface area contributed by atoms with Gasteiger partial charge in [0.25, 0.3) is 0 Å². The van der Waals surface area contributed by atoms with Gasteiger partial charge in [-0.2, -0.15) is 0 Å². The molecule has 3 aromatic carbocycles. The van der Waals surface area contributed by atoms with Crippen LogP contribution in [0.1, 0.15) is 34.7 Å². The third kappa shape index (κ3) is 5.81. The SMILES string of the molecule is Cc1cc(OC(=O)[C@@H](C)NC(=O)OCc2ccccc2)c2c(C)c(Cc3ccccc3)c(=O)oc2c1. The zero-order valence-corrected chi connectivity index (χ0v) is 20.4. The number of alkyl carbamates (subject to hydrolysis) is 1. The Hall–Kier alpha value is -4.39. The van der Waals surface area contributed by atoms with Gasteiger partial charge >= 0.3 is 17.7 Å². The van der Waals surface area contributed by atoms with Gasteiger partial charge in [0.2, 0.25) is 0 Å². The first-order valence-electron chi connectivity index (χ1n) is 11.6. The van der Waals surface area contributed by atoms with E-state index in [9.17, 15) is 14.4 Å². The lowest BCUT2D eigenvalue weighted by molar-refractivity contribution is -0.136. The molecular formula is C29H27NO6. The summed E-state index contributed by atoms with van der Waals surface area (Å²) in [6.45, 7) is 5.22. The predicted molar refractivity (Wildman–Crippen MR) is 136 cm³/mol. The molecule has 0 unspecified atom stereocenters. The van der Waals surface area contributed by atoms with Crippen LogP contribution >= 0.6 is 0 Å². The second-order valence-electron chi connectivity index (χ2n) is 8.64. The van der Waals surface area contributed by atoms with Gasteiger partial charge in [0.05, 0.1) is 5.39 Å². The monoisotopic (exact) mass is 485 g/mol. The number of carbonyl (C=O) groups excluding carboxylic acids is 2. The molecule has 1 amide bonds. The Balaban J connectivity index is 1.53. The van der Waals surface area contributed by atoms with E-state index in [-0.39, 0.29) is 12.4 Å². The molecule has 0 aliphatic rings. The van der Waals surface area contributed by atoms with E-state index < -0.39 is 23.7 Å². The highest BCUT2D eigenvalue weighted by Gasteiger charge is 2.22. The van der Waals surface area contributed by atoms with Crippen molar-refractivity contribution < 1.29 is 23.5 Å². The summed E-state index contributed by atoms with van der Waals surface area (Å²) in [6.07, 6.45) is -0.345. The molecule has 0 aliphatic heterocycles. The highest BCUT2D eigenvalue weighted by atomic mass is 16.6. The van der Waals surface area contributed by atoms with Crippen LogP contribution in [-0.2, 0) is 22.6 Å². The van der Waals surface area contributed by atoms with Gasteiger partial charge in [0, 0.05) is 12.0 Å². The number of esters is 1. The largest absolute Gasteiger partial charge is 0.445 e. The highest BCUT2D eigenvalue weighted by Crippen LogP contribution is 2.32. The number of carbonyl (C=O) groups is 2. The van der Waals surface area contributed by atoms with Gasteiger partial charge < -0.3 is 19.2 Å². The minimum atomic E-state index is -0.969. The van der Waals surface area contributed by atoms with Crippen molar-refractivity contribution in [3.05, 3.63) is 111 Å². The molecule has 0 aliphatic carbocycles. The fraction of sp³-hybridized carbons (Fsp3) is 0.207. The first-order chi connectivity index (χ1) is 17.3. The van der Waals surface area contributed by atoms with Crippen LogP contribution in [0.15, 0.2) is 82.0 Å². The van der Waals surface area contributed by atoms with Crippen LogP contribution in [0.25, 0.3) is 11.0 Å². The van der Waals surface area contributed by atoms with Gasteiger partial charge in [0.1, 0.15) is 24.0 Å². The van der Waals surface area contributed by atoms with Gasteiger partial charge in [-0.15, -0.1) is 0 Å². The van der Waals surface area contributed by atoms with E-state index in [0.717, 1.165) is 16.7 Å². The molecule has 184 valence electrons. The number of hydrogen-bond acceptors (Lipinski definition) is 6. The fourth-order valence-corrected chi connectivity index (χ4v) is 3.92. The van der Waals surface area contributed by atoms with E-state index in [1.54, 1.807) is 12.1 Å². The second kappa shape index (κ2) is 10.9. The van der Waals surface area contributed by atoms with Gasteiger partial charge in [-0.25, -0.2) is 14.4 Å². The van der Waals surface area contributed by atoms with Crippen molar-refractivity contribution in [1.82, 2.24) is 5.32 Å².